The van der Waals surface area contributed by atoms with E-state index in [1.807, 2.05) is 6.92 Å². The summed E-state index contributed by atoms with van der Waals surface area (Å²) in [6.07, 6.45) is 3.32. The third-order valence-corrected chi connectivity index (χ3v) is 6.48. The molecule has 2 heterocycles. The average Bonchev–Trinajstić information content (AvgIpc) is 3.15. The fraction of sp³-hybridized carbons (Fsp3) is 0.360. The highest BCUT2D eigenvalue weighted by atomic mass is 15.3. The zero-order valence-corrected chi connectivity index (χ0v) is 18.9. The minimum Gasteiger partial charge on any atom is -0.398 e. The first-order valence-electron chi connectivity index (χ1n) is 11.1. The quantitative estimate of drug-likeness (QED) is 0.342. The minimum atomic E-state index is -0.235. The minimum absolute atomic E-state index is 0.0250. The Morgan fingerprint density at radius 1 is 1.33 bits per heavy atom. The second-order valence-electron chi connectivity index (χ2n) is 8.97. The second kappa shape index (κ2) is 9.24. The van der Waals surface area contributed by atoms with Crippen molar-refractivity contribution in [2.45, 2.75) is 38.4 Å². The maximum Gasteiger partial charge on any atom is 0.101 e. The van der Waals surface area contributed by atoms with Crippen LogP contribution in [0.25, 0.3) is 5.57 Å². The number of aromatic nitrogens is 1. The molecular formula is C25H30N8. The summed E-state index contributed by atoms with van der Waals surface area (Å²) in [7, 11) is 0. The van der Waals surface area contributed by atoms with Crippen molar-refractivity contribution in [1.29, 1.82) is 16.1 Å². The molecule has 2 unspecified atom stereocenters. The van der Waals surface area contributed by atoms with Gasteiger partial charge in [-0.2, -0.15) is 5.26 Å². The van der Waals surface area contributed by atoms with Gasteiger partial charge in [0.15, 0.2) is 0 Å². The van der Waals surface area contributed by atoms with Crippen molar-refractivity contribution < 1.29 is 0 Å². The van der Waals surface area contributed by atoms with E-state index in [1.165, 1.54) is 17.3 Å². The van der Waals surface area contributed by atoms with Gasteiger partial charge in [-0.15, -0.1) is 0 Å². The predicted octanol–water partition coefficient (Wildman–Crippen LogP) is 2.51. The molecule has 4 rings (SSSR count). The van der Waals surface area contributed by atoms with E-state index in [4.69, 9.17) is 27.5 Å². The van der Waals surface area contributed by atoms with Crippen LogP contribution in [0.2, 0.25) is 0 Å². The highest BCUT2D eigenvalue weighted by molar-refractivity contribution is 6.09. The van der Waals surface area contributed by atoms with Gasteiger partial charge in [0, 0.05) is 49.7 Å². The van der Waals surface area contributed by atoms with Crippen LogP contribution in [-0.2, 0) is 6.42 Å². The number of nitrogen functional groups attached to an aromatic ring is 1. The molecular weight excluding hydrogens is 412 g/mol. The maximum atomic E-state index is 9.07. The molecule has 2 aliphatic rings. The van der Waals surface area contributed by atoms with Crippen LogP contribution in [-0.4, -0.2) is 47.1 Å². The Hall–Kier alpha value is -3.38. The van der Waals surface area contributed by atoms with E-state index in [9.17, 15) is 0 Å². The van der Waals surface area contributed by atoms with Crippen LogP contribution in [0.1, 0.15) is 52.4 Å². The number of piperazine rings is 1. The molecule has 1 aromatic carbocycles. The Morgan fingerprint density at radius 2 is 2.12 bits per heavy atom. The van der Waals surface area contributed by atoms with E-state index >= 15 is 0 Å². The highest BCUT2D eigenvalue weighted by Crippen LogP contribution is 2.38. The standard InChI is InChI=1S/C25H30N8/c1-14-3-4-19-18(14)5-6-20(25(19)30)23-12-33(13-24(29)32-23)11-17(27)8-21(28)22-7-15(2)16(9-26)10-31-22/h5-7,10,23-24,27-28,32H,1,3-4,8,11-13,29-30H2,2H3. The molecule has 1 fully saturated rings. The molecule has 0 radical (unpaired) electrons. The summed E-state index contributed by atoms with van der Waals surface area (Å²) in [6.45, 7) is 7.68. The molecule has 0 spiro atoms. The van der Waals surface area contributed by atoms with Crippen molar-refractivity contribution in [1.82, 2.24) is 15.2 Å². The van der Waals surface area contributed by atoms with E-state index in [2.05, 4.69) is 40.0 Å². The summed E-state index contributed by atoms with van der Waals surface area (Å²) in [5.74, 6) is 0. The molecule has 7 N–H and O–H groups in total. The van der Waals surface area contributed by atoms with E-state index < -0.39 is 0 Å². The van der Waals surface area contributed by atoms with Crippen LogP contribution < -0.4 is 16.8 Å². The molecule has 2 aromatic rings. The lowest BCUT2D eigenvalue weighted by Gasteiger charge is -2.38. The van der Waals surface area contributed by atoms with Gasteiger partial charge in [0.2, 0.25) is 0 Å². The average molecular weight is 443 g/mol. The van der Waals surface area contributed by atoms with Crippen molar-refractivity contribution in [2.75, 3.05) is 25.4 Å². The van der Waals surface area contributed by atoms with Gasteiger partial charge in [0.05, 0.1) is 23.1 Å². The number of benzene rings is 1. The van der Waals surface area contributed by atoms with Crippen LogP contribution in [0.5, 0.6) is 0 Å². The van der Waals surface area contributed by atoms with Gasteiger partial charge in [0.1, 0.15) is 6.07 Å². The van der Waals surface area contributed by atoms with Crippen molar-refractivity contribution >= 4 is 22.7 Å². The smallest absolute Gasteiger partial charge is 0.101 e. The van der Waals surface area contributed by atoms with Crippen molar-refractivity contribution in [3.63, 3.8) is 0 Å². The topological polar surface area (TPSA) is 152 Å². The number of nitrogens with two attached hydrogens (primary N) is 2. The number of anilines is 1. The summed E-state index contributed by atoms with van der Waals surface area (Å²) >= 11 is 0. The Morgan fingerprint density at radius 3 is 2.85 bits per heavy atom. The molecule has 1 aromatic heterocycles. The van der Waals surface area contributed by atoms with E-state index in [1.54, 1.807) is 6.07 Å². The summed E-state index contributed by atoms with van der Waals surface area (Å²) in [6, 6.07) is 7.97. The first kappa shape index (κ1) is 22.8. The van der Waals surface area contributed by atoms with Crippen LogP contribution in [0.15, 0.2) is 31.0 Å². The normalized spacial score (nSPS) is 20.3. The van der Waals surface area contributed by atoms with Crippen LogP contribution in [0.3, 0.4) is 0 Å². The van der Waals surface area contributed by atoms with Gasteiger partial charge in [-0.1, -0.05) is 18.7 Å². The lowest BCUT2D eigenvalue weighted by Crippen LogP contribution is -2.57. The van der Waals surface area contributed by atoms with Gasteiger partial charge in [0.25, 0.3) is 0 Å². The lowest BCUT2D eigenvalue weighted by molar-refractivity contribution is 0.182. The fourth-order valence-electron chi connectivity index (χ4n) is 4.76. The van der Waals surface area contributed by atoms with Gasteiger partial charge in [-0.05, 0) is 53.7 Å². The SMILES string of the molecule is C=C1CCc2c1ccc(C1CN(CC(=N)CC(=N)c3cc(C)c(C#N)cn3)CC(N)N1)c2N. The molecule has 2 atom stereocenters. The van der Waals surface area contributed by atoms with Gasteiger partial charge >= 0.3 is 0 Å². The number of hydrogen-bond donors (Lipinski definition) is 5. The first-order chi connectivity index (χ1) is 15.8. The Bertz CT molecular complexity index is 1180. The molecule has 1 aliphatic carbocycles. The predicted molar refractivity (Wildman–Crippen MR) is 131 cm³/mol. The van der Waals surface area contributed by atoms with Gasteiger partial charge < -0.3 is 22.3 Å². The summed E-state index contributed by atoms with van der Waals surface area (Å²) < 4.78 is 0. The number of fused-ring (bicyclic) bond motifs is 1. The zero-order chi connectivity index (χ0) is 23.7. The molecule has 33 heavy (non-hydrogen) atoms. The molecule has 0 bridgehead atoms. The Kier molecular flexibility index (Phi) is 6.38. The highest BCUT2D eigenvalue weighted by Gasteiger charge is 2.29. The summed E-state index contributed by atoms with van der Waals surface area (Å²) in [5, 5.41) is 29.4. The van der Waals surface area contributed by atoms with Crippen molar-refractivity contribution in [3.05, 3.63) is 64.5 Å². The van der Waals surface area contributed by atoms with Crippen LogP contribution >= 0.6 is 0 Å². The van der Waals surface area contributed by atoms with Crippen LogP contribution in [0, 0.1) is 29.1 Å². The number of nitriles is 1. The lowest BCUT2D eigenvalue weighted by atomic mass is 9.95. The number of aryl methyl sites for hydroxylation is 1. The number of allylic oxidation sites excluding steroid dienone is 1. The van der Waals surface area contributed by atoms with Crippen molar-refractivity contribution in [3.8, 4) is 6.07 Å². The molecule has 1 aliphatic heterocycles. The molecule has 170 valence electrons. The molecule has 0 amide bonds. The van der Waals surface area contributed by atoms with E-state index in [0.717, 1.165) is 35.2 Å². The van der Waals surface area contributed by atoms with E-state index in [-0.39, 0.29) is 24.3 Å². The third kappa shape index (κ3) is 4.71. The molecule has 8 heteroatoms. The largest absolute Gasteiger partial charge is 0.398 e. The Balaban J connectivity index is 1.42. The van der Waals surface area contributed by atoms with Crippen LogP contribution in [0.4, 0.5) is 5.69 Å². The van der Waals surface area contributed by atoms with E-state index in [0.29, 0.717) is 36.6 Å². The number of hydrogen-bond acceptors (Lipinski definition) is 8. The fourth-order valence-corrected chi connectivity index (χ4v) is 4.76. The first-order valence-corrected chi connectivity index (χ1v) is 11.1. The monoisotopic (exact) mass is 442 g/mol. The summed E-state index contributed by atoms with van der Waals surface area (Å²) in [4.78, 5) is 6.35. The molecule has 0 saturated carbocycles. The summed E-state index contributed by atoms with van der Waals surface area (Å²) in [5.41, 5.74) is 20.7. The molecule has 8 nitrogen and oxygen atoms in total. The number of pyridine rings is 1. The maximum absolute atomic E-state index is 9.07. The molecule has 1 saturated heterocycles. The van der Waals surface area contributed by atoms with Gasteiger partial charge in [-0.3, -0.25) is 15.2 Å². The third-order valence-electron chi connectivity index (χ3n) is 6.48. The van der Waals surface area contributed by atoms with Gasteiger partial charge in [-0.25, -0.2) is 0 Å². The number of nitrogens with one attached hydrogen (secondary N) is 3. The Labute approximate surface area is 194 Å². The second-order valence-corrected chi connectivity index (χ2v) is 8.97. The zero-order valence-electron chi connectivity index (χ0n) is 18.9. The van der Waals surface area contributed by atoms with Crippen molar-refractivity contribution in [2.24, 2.45) is 5.73 Å². The number of nitrogens with zero attached hydrogens (tertiary/aromatic N) is 3. The number of rotatable bonds is 6.